The molecule has 0 spiro atoms. The molecule has 1 amide bonds. The predicted molar refractivity (Wildman–Crippen MR) is 168 cm³/mol. The van der Waals surface area contributed by atoms with Gasteiger partial charge in [-0.3, -0.25) is 19.6 Å². The summed E-state index contributed by atoms with van der Waals surface area (Å²) in [6, 6.07) is 9.38. The highest BCUT2D eigenvalue weighted by molar-refractivity contribution is 9.10. The molecule has 1 aliphatic carbocycles. The lowest BCUT2D eigenvalue weighted by molar-refractivity contribution is -0.134. The highest BCUT2D eigenvalue weighted by atomic mass is 79.9. The van der Waals surface area contributed by atoms with Gasteiger partial charge in [-0.15, -0.1) is 0 Å². The summed E-state index contributed by atoms with van der Waals surface area (Å²) in [5.74, 6) is 0.769. The molecule has 6 rings (SSSR count). The Morgan fingerprint density at radius 2 is 1.68 bits per heavy atom. The zero-order chi connectivity index (χ0) is 28.5. The summed E-state index contributed by atoms with van der Waals surface area (Å²) in [4.78, 5) is 27.5. The van der Waals surface area contributed by atoms with Crippen LogP contribution in [0.1, 0.15) is 60.5 Å². The summed E-state index contributed by atoms with van der Waals surface area (Å²) in [5, 5.41) is 10.6. The first-order chi connectivity index (χ1) is 19.9. The molecule has 7 nitrogen and oxygen atoms in total. The third kappa shape index (κ3) is 6.71. The number of nitrogens with zero attached hydrogens (tertiary/aromatic N) is 5. The normalized spacial score (nSPS) is 23.6. The molecule has 41 heavy (non-hydrogen) atoms. The van der Waals surface area contributed by atoms with Gasteiger partial charge in [-0.05, 0) is 115 Å². The maximum absolute atomic E-state index is 13.1. The van der Waals surface area contributed by atoms with Gasteiger partial charge in [-0.1, -0.05) is 17.7 Å². The SMILES string of the molecule is CB(O)N1CCC(CC(=O)N2CCN(C3CCN(C4c5ccc(Cl)cc5CCc5cc(Br)cnc54)CC3)CC2)CC1. The molecule has 2 aromatic rings. The van der Waals surface area contributed by atoms with Gasteiger partial charge < -0.3 is 14.7 Å². The minimum atomic E-state index is -0.386. The Kier molecular flexibility index (Phi) is 9.40. The van der Waals surface area contributed by atoms with Crippen LogP contribution in [0.2, 0.25) is 11.8 Å². The summed E-state index contributed by atoms with van der Waals surface area (Å²) in [6.07, 6.45) is 8.85. The Morgan fingerprint density at radius 3 is 2.39 bits per heavy atom. The van der Waals surface area contributed by atoms with Crippen LogP contribution in [-0.2, 0) is 17.6 Å². The lowest BCUT2D eigenvalue weighted by Crippen LogP contribution is -2.54. The molecule has 10 heteroatoms. The number of amides is 1. The third-order valence-corrected chi connectivity index (χ3v) is 10.6. The number of likely N-dealkylation sites (tertiary alicyclic amines) is 1. The minimum Gasteiger partial charge on any atom is -0.437 e. The van der Waals surface area contributed by atoms with Crippen molar-refractivity contribution in [2.45, 2.75) is 63.9 Å². The van der Waals surface area contributed by atoms with E-state index in [-0.39, 0.29) is 13.1 Å². The first kappa shape index (κ1) is 29.6. The van der Waals surface area contributed by atoms with Crippen LogP contribution in [0.4, 0.5) is 0 Å². The van der Waals surface area contributed by atoms with Gasteiger partial charge in [0.25, 0.3) is 0 Å². The summed E-state index contributed by atoms with van der Waals surface area (Å²) in [7, 11) is -0.386. The van der Waals surface area contributed by atoms with E-state index in [0.717, 1.165) is 100 Å². The number of carbonyl (C=O) groups excluding carboxylic acids is 1. The van der Waals surface area contributed by atoms with E-state index in [1.54, 1.807) is 0 Å². The number of carbonyl (C=O) groups is 1. The van der Waals surface area contributed by atoms with E-state index in [1.165, 1.54) is 22.4 Å². The van der Waals surface area contributed by atoms with E-state index >= 15 is 0 Å². The maximum Gasteiger partial charge on any atom is 0.376 e. The van der Waals surface area contributed by atoms with Gasteiger partial charge in [0.15, 0.2) is 0 Å². The zero-order valence-corrected chi connectivity index (χ0v) is 26.5. The second-order valence-corrected chi connectivity index (χ2v) is 13.8. The molecule has 3 fully saturated rings. The number of hydrogen-bond acceptors (Lipinski definition) is 6. The Bertz CT molecular complexity index is 1170. The van der Waals surface area contributed by atoms with Crippen molar-refractivity contribution in [2.24, 2.45) is 5.92 Å². The van der Waals surface area contributed by atoms with E-state index in [0.29, 0.717) is 24.3 Å². The molecule has 220 valence electrons. The van der Waals surface area contributed by atoms with Gasteiger partial charge in [0.05, 0.1) is 11.7 Å². The monoisotopic (exact) mass is 641 g/mol. The Balaban J connectivity index is 1.04. The molecule has 3 saturated heterocycles. The summed E-state index contributed by atoms with van der Waals surface area (Å²) >= 11 is 10.1. The third-order valence-electron chi connectivity index (χ3n) is 9.98. The number of aryl methyl sites for hydroxylation is 2. The van der Waals surface area contributed by atoms with Crippen molar-refractivity contribution < 1.29 is 9.82 Å². The molecular formula is C31H42BBrClN5O2. The molecule has 1 N–H and O–H groups in total. The van der Waals surface area contributed by atoms with Crippen molar-refractivity contribution in [2.75, 3.05) is 52.4 Å². The number of pyridine rings is 1. The Morgan fingerprint density at radius 1 is 0.976 bits per heavy atom. The molecule has 0 radical (unpaired) electrons. The van der Waals surface area contributed by atoms with E-state index in [9.17, 15) is 9.82 Å². The topological polar surface area (TPSA) is 63.2 Å². The van der Waals surface area contributed by atoms with Gasteiger partial charge in [-0.25, -0.2) is 0 Å². The standard InChI is InChI=1S/C31H42BBrClN5O2/c1-32(41)39-12-6-22(7-13-39)18-29(40)37-16-14-36(15-17-37)27-8-10-38(11-9-27)31-28-5-4-26(34)20-23(28)2-3-24-19-25(33)21-35-30(24)31/h4-5,19-22,27,31,41H,2-3,6-18H2,1H3. The van der Waals surface area contributed by atoms with Crippen molar-refractivity contribution in [1.82, 2.24) is 24.5 Å². The molecule has 1 unspecified atom stereocenters. The maximum atomic E-state index is 13.1. The van der Waals surface area contributed by atoms with Gasteiger partial charge in [0.2, 0.25) is 5.91 Å². The number of aromatic nitrogens is 1. The Hall–Kier alpha value is -1.49. The molecular weight excluding hydrogens is 601 g/mol. The highest BCUT2D eigenvalue weighted by Gasteiger charge is 2.35. The van der Waals surface area contributed by atoms with Gasteiger partial charge in [-0.2, -0.15) is 0 Å². The molecule has 4 heterocycles. The average Bonchev–Trinajstić information content (AvgIpc) is 3.14. The van der Waals surface area contributed by atoms with Crippen LogP contribution < -0.4 is 0 Å². The largest absolute Gasteiger partial charge is 0.437 e. The Labute approximate surface area is 258 Å². The summed E-state index contributed by atoms with van der Waals surface area (Å²) < 4.78 is 1.04. The number of halogens is 2. The fourth-order valence-electron chi connectivity index (χ4n) is 7.53. The number of hydrogen-bond donors (Lipinski definition) is 1. The fourth-order valence-corrected chi connectivity index (χ4v) is 8.11. The molecule has 0 bridgehead atoms. The van der Waals surface area contributed by atoms with Crippen LogP contribution >= 0.6 is 27.5 Å². The summed E-state index contributed by atoms with van der Waals surface area (Å²) in [5.41, 5.74) is 5.21. The van der Waals surface area contributed by atoms with Crippen LogP contribution in [0.15, 0.2) is 34.9 Å². The van der Waals surface area contributed by atoms with Crippen molar-refractivity contribution in [3.05, 3.63) is 62.3 Å². The smallest absolute Gasteiger partial charge is 0.376 e. The van der Waals surface area contributed by atoms with Crippen molar-refractivity contribution in [1.29, 1.82) is 0 Å². The van der Waals surface area contributed by atoms with Gasteiger partial charge >= 0.3 is 7.05 Å². The molecule has 1 aromatic heterocycles. The number of fused-ring (bicyclic) bond motifs is 2. The van der Waals surface area contributed by atoms with E-state index in [2.05, 4.69) is 53.6 Å². The molecule has 1 aromatic carbocycles. The molecule has 1 atom stereocenters. The quantitative estimate of drug-likeness (QED) is 0.485. The van der Waals surface area contributed by atoms with Crippen LogP contribution in [0.3, 0.4) is 0 Å². The molecule has 4 aliphatic rings. The second kappa shape index (κ2) is 13.0. The number of piperidine rings is 2. The zero-order valence-electron chi connectivity index (χ0n) is 24.2. The van der Waals surface area contributed by atoms with Gasteiger partial charge in [0.1, 0.15) is 0 Å². The van der Waals surface area contributed by atoms with E-state index in [4.69, 9.17) is 16.6 Å². The summed E-state index contributed by atoms with van der Waals surface area (Å²) in [6.45, 7) is 9.32. The molecule has 0 saturated carbocycles. The van der Waals surface area contributed by atoms with Crippen LogP contribution in [-0.4, -0.2) is 101 Å². The van der Waals surface area contributed by atoms with E-state index < -0.39 is 0 Å². The second-order valence-electron chi connectivity index (χ2n) is 12.4. The fraction of sp³-hybridized carbons (Fsp3) is 0.613. The van der Waals surface area contributed by atoms with Crippen molar-refractivity contribution >= 4 is 40.5 Å². The number of piperazine rings is 1. The molecule has 3 aliphatic heterocycles. The first-order valence-corrected chi connectivity index (χ1v) is 16.6. The lowest BCUT2D eigenvalue weighted by Gasteiger charge is -2.44. The lowest BCUT2D eigenvalue weighted by atomic mass is 9.80. The number of benzene rings is 1. The van der Waals surface area contributed by atoms with Crippen LogP contribution in [0, 0.1) is 5.92 Å². The highest BCUT2D eigenvalue weighted by Crippen LogP contribution is 2.39. The van der Waals surface area contributed by atoms with Crippen molar-refractivity contribution in [3.8, 4) is 0 Å². The van der Waals surface area contributed by atoms with Gasteiger partial charge in [0, 0.05) is 67.4 Å². The number of rotatable bonds is 5. The van der Waals surface area contributed by atoms with Crippen LogP contribution in [0.25, 0.3) is 0 Å². The van der Waals surface area contributed by atoms with E-state index in [1.807, 2.05) is 19.1 Å². The predicted octanol–water partition coefficient (Wildman–Crippen LogP) is 4.51. The first-order valence-electron chi connectivity index (χ1n) is 15.5. The van der Waals surface area contributed by atoms with Crippen LogP contribution in [0.5, 0.6) is 0 Å². The minimum absolute atomic E-state index is 0.163. The average molecular weight is 643 g/mol. The van der Waals surface area contributed by atoms with Crippen molar-refractivity contribution in [3.63, 3.8) is 0 Å².